The lowest BCUT2D eigenvalue weighted by atomic mass is 10.00. The van der Waals surface area contributed by atoms with Gasteiger partial charge in [-0.3, -0.25) is 9.59 Å². The van der Waals surface area contributed by atoms with Crippen LogP contribution in [0.2, 0.25) is 0 Å². The van der Waals surface area contributed by atoms with E-state index in [9.17, 15) is 14.4 Å². The number of carboxylic acids is 1. The van der Waals surface area contributed by atoms with Gasteiger partial charge in [-0.15, -0.1) is 0 Å². The van der Waals surface area contributed by atoms with Crippen molar-refractivity contribution in [3.63, 3.8) is 0 Å². The monoisotopic (exact) mass is 428 g/mol. The average Bonchev–Trinajstić information content (AvgIpc) is 2.65. The Hall–Kier alpha value is -1.93. The minimum Gasteiger partial charge on any atom is -0.478 e. The molecule has 8 nitrogen and oxygen atoms in total. The van der Waals surface area contributed by atoms with Gasteiger partial charge in [0.05, 0.1) is 12.6 Å². The summed E-state index contributed by atoms with van der Waals surface area (Å²) in [6, 6.07) is -0.318. The Kier molecular flexibility index (Phi) is 17.0. The molecule has 1 saturated heterocycles. The molecule has 8 heteroatoms. The Morgan fingerprint density at radius 3 is 1.80 bits per heavy atom. The zero-order valence-corrected chi connectivity index (χ0v) is 20.4. The van der Waals surface area contributed by atoms with E-state index in [1.165, 1.54) is 37.8 Å². The van der Waals surface area contributed by atoms with Gasteiger partial charge in [0.25, 0.3) is 0 Å². The zero-order valence-electron chi connectivity index (χ0n) is 20.4. The molecule has 2 amide bonds. The van der Waals surface area contributed by atoms with Gasteiger partial charge < -0.3 is 15.3 Å². The fraction of sp³-hybridized carbons (Fsp3) is 0.773. The van der Waals surface area contributed by atoms with E-state index in [1.807, 2.05) is 13.8 Å². The lowest BCUT2D eigenvalue weighted by molar-refractivity contribution is -0.133. The van der Waals surface area contributed by atoms with Crippen LogP contribution in [-0.2, 0) is 14.4 Å². The number of hydrazine groups is 1. The van der Waals surface area contributed by atoms with Crippen molar-refractivity contribution in [1.29, 1.82) is 0 Å². The number of carbonyl (C=O) groups excluding carboxylic acids is 2. The Balaban J connectivity index is 0. The molecule has 0 aromatic rings. The number of nitrogens with one attached hydrogen (secondary N) is 1. The lowest BCUT2D eigenvalue weighted by Crippen LogP contribution is -2.43. The largest absolute Gasteiger partial charge is 0.478 e. The van der Waals surface area contributed by atoms with Gasteiger partial charge >= 0.3 is 5.97 Å². The third-order valence-corrected chi connectivity index (χ3v) is 4.41. The number of nitrogens with zero attached hydrogens (tertiary/aromatic N) is 3. The number of carboxylic acid groups (broad SMARTS) is 1. The van der Waals surface area contributed by atoms with Crippen molar-refractivity contribution in [2.45, 2.75) is 60.4 Å². The van der Waals surface area contributed by atoms with Crippen LogP contribution in [0.5, 0.6) is 0 Å². The summed E-state index contributed by atoms with van der Waals surface area (Å²) in [5.41, 5.74) is 0.191. The number of rotatable bonds is 7. The highest BCUT2D eigenvalue weighted by Gasteiger charge is 2.21. The average molecular weight is 429 g/mol. The predicted molar refractivity (Wildman–Crippen MR) is 122 cm³/mol. The van der Waals surface area contributed by atoms with Gasteiger partial charge in [0, 0.05) is 39.8 Å². The molecule has 176 valence electrons. The minimum absolute atomic E-state index is 0.0736. The lowest BCUT2D eigenvalue weighted by Gasteiger charge is -2.32. The number of amides is 2. The summed E-state index contributed by atoms with van der Waals surface area (Å²) in [6.07, 6.45) is 4.72. The van der Waals surface area contributed by atoms with E-state index in [1.54, 1.807) is 13.1 Å². The maximum Gasteiger partial charge on any atom is 0.331 e. The van der Waals surface area contributed by atoms with Crippen LogP contribution < -0.4 is 5.32 Å². The quantitative estimate of drug-likeness (QED) is 0.478. The van der Waals surface area contributed by atoms with Crippen LogP contribution in [0.25, 0.3) is 0 Å². The molecule has 1 heterocycles. The van der Waals surface area contributed by atoms with Crippen LogP contribution in [0.4, 0.5) is 0 Å². The summed E-state index contributed by atoms with van der Waals surface area (Å²) in [5.74, 6) is -0.368. The molecule has 0 bridgehead atoms. The number of hydrogen-bond donors (Lipinski definition) is 2. The van der Waals surface area contributed by atoms with E-state index in [0.717, 1.165) is 5.92 Å². The number of carbonyl (C=O) groups is 3. The second kappa shape index (κ2) is 16.8. The van der Waals surface area contributed by atoms with Gasteiger partial charge in [0.2, 0.25) is 12.3 Å². The second-order valence-electron chi connectivity index (χ2n) is 8.59. The molecule has 0 radical (unpaired) electrons. The fourth-order valence-corrected chi connectivity index (χ4v) is 2.52. The summed E-state index contributed by atoms with van der Waals surface area (Å²) < 4.78 is 0. The normalized spacial score (nSPS) is 16.0. The van der Waals surface area contributed by atoms with E-state index >= 15 is 0 Å². The maximum absolute atomic E-state index is 11.7. The first kappa shape index (κ1) is 30.3. The van der Waals surface area contributed by atoms with Gasteiger partial charge in [-0.05, 0) is 31.6 Å². The van der Waals surface area contributed by atoms with Crippen molar-refractivity contribution in [2.75, 3.05) is 40.8 Å². The van der Waals surface area contributed by atoms with E-state index in [2.05, 4.69) is 50.2 Å². The topological polar surface area (TPSA) is 93.2 Å². The summed E-state index contributed by atoms with van der Waals surface area (Å²) in [6.45, 7) is 14.1. The van der Waals surface area contributed by atoms with Crippen LogP contribution in [0, 0.1) is 11.8 Å². The van der Waals surface area contributed by atoms with Crippen LogP contribution in [0.15, 0.2) is 11.6 Å². The summed E-state index contributed by atoms with van der Waals surface area (Å²) in [7, 11) is 5.86. The van der Waals surface area contributed by atoms with Crippen molar-refractivity contribution in [3.05, 3.63) is 11.6 Å². The first-order valence-corrected chi connectivity index (χ1v) is 10.6. The molecule has 2 N–H and O–H groups in total. The SMILES string of the molecule is C/C(=C\C(C(C)C)N(C)C(=O)CNC=O)C(=O)O.CC(C)C.CN1CCCCN1C. The van der Waals surface area contributed by atoms with Crippen LogP contribution in [0.3, 0.4) is 0 Å². The molecule has 1 rings (SSSR count). The highest BCUT2D eigenvalue weighted by atomic mass is 16.4. The van der Waals surface area contributed by atoms with Crippen molar-refractivity contribution >= 4 is 18.3 Å². The van der Waals surface area contributed by atoms with Crippen molar-refractivity contribution in [2.24, 2.45) is 11.8 Å². The Bertz CT molecular complexity index is 522. The first-order valence-electron chi connectivity index (χ1n) is 10.6. The smallest absolute Gasteiger partial charge is 0.331 e. The van der Waals surface area contributed by atoms with Crippen LogP contribution in [0.1, 0.15) is 54.4 Å². The molecule has 1 aliphatic heterocycles. The molecule has 0 aromatic heterocycles. The standard InChI is InChI=1S/C12H20N2O4.C6H14N2.C4H10/c1-8(2)10(5-9(3)12(17)18)14(4)11(16)6-13-7-15;1-7-5-3-4-6-8(7)2;1-4(2)3/h5,7-8,10H,6H2,1-4H3,(H,13,15)(H,17,18);3-6H2,1-2H3;4H,1-3H3/b9-5+;;. The van der Waals surface area contributed by atoms with E-state index in [4.69, 9.17) is 5.11 Å². The molecule has 0 saturated carbocycles. The van der Waals surface area contributed by atoms with Crippen LogP contribution >= 0.6 is 0 Å². The molecule has 0 aliphatic carbocycles. The third-order valence-electron chi connectivity index (χ3n) is 4.41. The molecular formula is C22H44N4O4. The highest BCUT2D eigenvalue weighted by Crippen LogP contribution is 2.13. The van der Waals surface area contributed by atoms with Gasteiger partial charge in [0.1, 0.15) is 0 Å². The van der Waals surface area contributed by atoms with Crippen molar-refractivity contribution in [1.82, 2.24) is 20.2 Å². The minimum atomic E-state index is -1.01. The predicted octanol–water partition coefficient (Wildman–Crippen LogP) is 2.47. The molecule has 30 heavy (non-hydrogen) atoms. The van der Waals surface area contributed by atoms with E-state index in [-0.39, 0.29) is 30.0 Å². The number of hydrogen-bond acceptors (Lipinski definition) is 5. The molecule has 1 aliphatic rings. The molecule has 0 spiro atoms. The van der Waals surface area contributed by atoms with Crippen molar-refractivity contribution in [3.8, 4) is 0 Å². The van der Waals surface area contributed by atoms with E-state index in [0.29, 0.717) is 6.41 Å². The zero-order chi connectivity index (χ0) is 23.9. The van der Waals surface area contributed by atoms with Gasteiger partial charge in [0.15, 0.2) is 0 Å². The molecule has 1 atom stereocenters. The Labute approximate surface area is 183 Å². The molecule has 1 fully saturated rings. The second-order valence-corrected chi connectivity index (χ2v) is 8.59. The highest BCUT2D eigenvalue weighted by molar-refractivity contribution is 5.86. The summed E-state index contributed by atoms with van der Waals surface area (Å²) >= 11 is 0. The van der Waals surface area contributed by atoms with Gasteiger partial charge in [-0.25, -0.2) is 14.8 Å². The van der Waals surface area contributed by atoms with Crippen molar-refractivity contribution < 1.29 is 19.5 Å². The van der Waals surface area contributed by atoms with Crippen LogP contribution in [-0.4, -0.2) is 85.1 Å². The van der Waals surface area contributed by atoms with Gasteiger partial charge in [-0.2, -0.15) is 0 Å². The number of aliphatic carboxylic acids is 1. The Morgan fingerprint density at radius 1 is 1.07 bits per heavy atom. The summed E-state index contributed by atoms with van der Waals surface area (Å²) in [5, 5.41) is 15.7. The number of likely N-dealkylation sites (N-methyl/N-ethyl adjacent to an activating group) is 1. The maximum atomic E-state index is 11.7. The third kappa shape index (κ3) is 15.0. The molecule has 1 unspecified atom stereocenters. The summed E-state index contributed by atoms with van der Waals surface area (Å²) in [4.78, 5) is 34.1. The van der Waals surface area contributed by atoms with E-state index < -0.39 is 5.97 Å². The first-order chi connectivity index (χ1) is 13.8. The van der Waals surface area contributed by atoms with Gasteiger partial charge in [-0.1, -0.05) is 40.7 Å². The molecule has 0 aromatic carbocycles. The Morgan fingerprint density at radius 2 is 1.50 bits per heavy atom. The fourth-order valence-electron chi connectivity index (χ4n) is 2.52. The molecular weight excluding hydrogens is 384 g/mol.